The fraction of sp³-hybridized carbons (Fsp3) is 0.357. The molecule has 1 aromatic carbocycles. The highest BCUT2D eigenvalue weighted by Crippen LogP contribution is 2.35. The number of nitrogens with one attached hydrogen (secondary N) is 1. The molecule has 0 aliphatic heterocycles. The van der Waals surface area contributed by atoms with E-state index in [-0.39, 0.29) is 0 Å². The SMILES string of the molecule is Cc1cccc(NCc2cncn2C2CC2)c1Br. The molecule has 0 atom stereocenters. The number of hydrogen-bond acceptors (Lipinski definition) is 2. The summed E-state index contributed by atoms with van der Waals surface area (Å²) in [5, 5.41) is 3.47. The second-order valence-electron chi connectivity index (χ2n) is 4.81. The van der Waals surface area contributed by atoms with Gasteiger partial charge in [-0.25, -0.2) is 4.98 Å². The molecule has 0 spiro atoms. The van der Waals surface area contributed by atoms with Crippen molar-refractivity contribution in [1.29, 1.82) is 0 Å². The predicted octanol–water partition coefficient (Wildman–Crippen LogP) is 3.90. The lowest BCUT2D eigenvalue weighted by Gasteiger charge is -2.11. The zero-order chi connectivity index (χ0) is 12.5. The van der Waals surface area contributed by atoms with Crippen molar-refractivity contribution in [3.8, 4) is 0 Å². The molecule has 94 valence electrons. The van der Waals surface area contributed by atoms with E-state index >= 15 is 0 Å². The number of hydrogen-bond donors (Lipinski definition) is 1. The van der Waals surface area contributed by atoms with Crippen LogP contribution in [0.4, 0.5) is 5.69 Å². The average Bonchev–Trinajstić information content (AvgIpc) is 3.11. The Balaban J connectivity index is 1.74. The summed E-state index contributed by atoms with van der Waals surface area (Å²) in [6.45, 7) is 2.92. The molecule has 0 unspecified atom stereocenters. The molecule has 1 fully saturated rings. The van der Waals surface area contributed by atoms with Crippen LogP contribution in [-0.2, 0) is 6.54 Å². The van der Waals surface area contributed by atoms with Crippen LogP contribution >= 0.6 is 15.9 Å². The molecule has 3 nitrogen and oxygen atoms in total. The standard InChI is InChI=1S/C14H16BrN3/c1-10-3-2-4-13(14(10)15)17-8-12-7-16-9-18(12)11-5-6-11/h2-4,7,9,11,17H,5-6,8H2,1H3. The Bertz CT molecular complexity index is 558. The van der Waals surface area contributed by atoms with E-state index in [4.69, 9.17) is 0 Å². The van der Waals surface area contributed by atoms with Gasteiger partial charge in [0.2, 0.25) is 0 Å². The smallest absolute Gasteiger partial charge is 0.0951 e. The van der Waals surface area contributed by atoms with E-state index in [1.807, 2.05) is 12.5 Å². The minimum absolute atomic E-state index is 0.685. The third-order valence-electron chi connectivity index (χ3n) is 3.34. The largest absolute Gasteiger partial charge is 0.378 e. The van der Waals surface area contributed by atoms with E-state index in [9.17, 15) is 0 Å². The summed E-state index contributed by atoms with van der Waals surface area (Å²) in [6.07, 6.45) is 6.48. The van der Waals surface area contributed by atoms with Crippen molar-refractivity contribution in [2.75, 3.05) is 5.32 Å². The first-order chi connectivity index (χ1) is 8.75. The van der Waals surface area contributed by atoms with Crippen molar-refractivity contribution in [3.05, 3.63) is 46.5 Å². The summed E-state index contributed by atoms with van der Waals surface area (Å²) < 4.78 is 3.43. The van der Waals surface area contributed by atoms with Gasteiger partial charge in [0.15, 0.2) is 0 Å². The highest BCUT2D eigenvalue weighted by molar-refractivity contribution is 9.10. The van der Waals surface area contributed by atoms with Crippen molar-refractivity contribution in [2.45, 2.75) is 32.4 Å². The van der Waals surface area contributed by atoms with Crippen molar-refractivity contribution < 1.29 is 0 Å². The molecule has 18 heavy (non-hydrogen) atoms. The zero-order valence-electron chi connectivity index (χ0n) is 10.4. The van der Waals surface area contributed by atoms with Crippen LogP contribution in [-0.4, -0.2) is 9.55 Å². The zero-order valence-corrected chi connectivity index (χ0v) is 11.9. The maximum atomic E-state index is 4.25. The molecule has 0 saturated heterocycles. The minimum Gasteiger partial charge on any atom is -0.378 e. The Morgan fingerprint density at radius 2 is 2.28 bits per heavy atom. The van der Waals surface area contributed by atoms with E-state index in [1.165, 1.54) is 24.1 Å². The quantitative estimate of drug-likeness (QED) is 0.928. The molecule has 1 N–H and O–H groups in total. The summed E-state index contributed by atoms with van der Waals surface area (Å²) in [5.74, 6) is 0. The number of benzene rings is 1. The van der Waals surface area contributed by atoms with Crippen LogP contribution in [0.1, 0.15) is 30.1 Å². The summed E-state index contributed by atoms with van der Waals surface area (Å²) in [7, 11) is 0. The summed E-state index contributed by atoms with van der Waals surface area (Å²) in [4.78, 5) is 4.25. The summed E-state index contributed by atoms with van der Waals surface area (Å²) in [5.41, 5.74) is 3.64. The third-order valence-corrected chi connectivity index (χ3v) is 4.39. The Kier molecular flexibility index (Phi) is 3.12. The van der Waals surface area contributed by atoms with E-state index in [2.05, 4.69) is 55.9 Å². The van der Waals surface area contributed by atoms with Crippen LogP contribution < -0.4 is 5.32 Å². The lowest BCUT2D eigenvalue weighted by molar-refractivity contribution is 0.701. The molecule has 4 heteroatoms. The van der Waals surface area contributed by atoms with Gasteiger partial charge in [-0.1, -0.05) is 12.1 Å². The number of imidazole rings is 1. The highest BCUT2D eigenvalue weighted by Gasteiger charge is 2.24. The second-order valence-corrected chi connectivity index (χ2v) is 5.61. The average molecular weight is 306 g/mol. The summed E-state index contributed by atoms with van der Waals surface area (Å²) >= 11 is 3.62. The number of halogens is 1. The Morgan fingerprint density at radius 3 is 3.06 bits per heavy atom. The van der Waals surface area contributed by atoms with Crippen LogP contribution in [0.15, 0.2) is 35.2 Å². The van der Waals surface area contributed by atoms with E-state index in [0.29, 0.717) is 6.04 Å². The molecule has 0 radical (unpaired) electrons. The van der Waals surface area contributed by atoms with Crippen molar-refractivity contribution in [1.82, 2.24) is 9.55 Å². The Hall–Kier alpha value is -1.29. The topological polar surface area (TPSA) is 29.9 Å². The second kappa shape index (κ2) is 4.76. The lowest BCUT2D eigenvalue weighted by Crippen LogP contribution is -2.06. The maximum Gasteiger partial charge on any atom is 0.0951 e. The monoisotopic (exact) mass is 305 g/mol. The molecule has 3 rings (SSSR count). The van der Waals surface area contributed by atoms with Gasteiger partial charge in [-0.05, 0) is 47.3 Å². The molecule has 0 bridgehead atoms. The van der Waals surface area contributed by atoms with Gasteiger partial charge >= 0.3 is 0 Å². The maximum absolute atomic E-state index is 4.25. The predicted molar refractivity (Wildman–Crippen MR) is 76.7 cm³/mol. The van der Waals surface area contributed by atoms with Gasteiger partial charge in [0.05, 0.1) is 18.6 Å². The van der Waals surface area contributed by atoms with E-state index < -0.39 is 0 Å². The van der Waals surface area contributed by atoms with Crippen LogP contribution in [0.25, 0.3) is 0 Å². The normalized spacial score (nSPS) is 14.8. The van der Waals surface area contributed by atoms with Gasteiger partial charge < -0.3 is 9.88 Å². The number of rotatable bonds is 4. The summed E-state index contributed by atoms with van der Waals surface area (Å²) in [6, 6.07) is 6.95. The first-order valence-electron chi connectivity index (χ1n) is 6.25. The van der Waals surface area contributed by atoms with Crippen molar-refractivity contribution in [3.63, 3.8) is 0 Å². The molecule has 2 aromatic rings. The first kappa shape index (κ1) is 11.8. The van der Waals surface area contributed by atoms with Gasteiger partial charge in [-0.3, -0.25) is 0 Å². The van der Waals surface area contributed by atoms with Crippen LogP contribution in [0, 0.1) is 6.92 Å². The molecule has 1 aliphatic carbocycles. The molecular weight excluding hydrogens is 290 g/mol. The number of nitrogens with zero attached hydrogens (tertiary/aromatic N) is 2. The molecule has 1 heterocycles. The van der Waals surface area contributed by atoms with E-state index in [0.717, 1.165) is 16.7 Å². The fourth-order valence-corrected chi connectivity index (χ4v) is 2.52. The lowest BCUT2D eigenvalue weighted by atomic mass is 10.2. The molecule has 0 amide bonds. The van der Waals surface area contributed by atoms with E-state index in [1.54, 1.807) is 0 Å². The highest BCUT2D eigenvalue weighted by atomic mass is 79.9. The number of anilines is 1. The molecular formula is C14H16BrN3. The van der Waals surface area contributed by atoms with Crippen LogP contribution in [0.5, 0.6) is 0 Å². The van der Waals surface area contributed by atoms with Crippen LogP contribution in [0.3, 0.4) is 0 Å². The third kappa shape index (κ3) is 2.29. The van der Waals surface area contributed by atoms with Gasteiger partial charge in [0.25, 0.3) is 0 Å². The molecule has 1 aromatic heterocycles. The van der Waals surface area contributed by atoms with Gasteiger partial charge in [0.1, 0.15) is 0 Å². The van der Waals surface area contributed by atoms with Gasteiger partial charge in [-0.2, -0.15) is 0 Å². The minimum atomic E-state index is 0.685. The van der Waals surface area contributed by atoms with Crippen molar-refractivity contribution >= 4 is 21.6 Å². The van der Waals surface area contributed by atoms with Gasteiger partial charge in [0, 0.05) is 22.4 Å². The first-order valence-corrected chi connectivity index (χ1v) is 7.04. The van der Waals surface area contributed by atoms with Crippen LogP contribution in [0.2, 0.25) is 0 Å². The number of aromatic nitrogens is 2. The Labute approximate surface area is 115 Å². The molecule has 1 saturated carbocycles. The molecule has 1 aliphatic rings. The van der Waals surface area contributed by atoms with Crippen molar-refractivity contribution in [2.24, 2.45) is 0 Å². The number of aryl methyl sites for hydroxylation is 1. The fourth-order valence-electron chi connectivity index (χ4n) is 2.12. The Morgan fingerprint density at radius 1 is 1.44 bits per heavy atom. The van der Waals surface area contributed by atoms with Gasteiger partial charge in [-0.15, -0.1) is 0 Å².